The predicted molar refractivity (Wildman–Crippen MR) is 61.3 cm³/mol. The molecular weight excluding hydrogens is 311 g/mol. The van der Waals surface area contributed by atoms with Crippen molar-refractivity contribution in [2.75, 3.05) is 0 Å². The lowest BCUT2D eigenvalue weighted by molar-refractivity contribution is -0.384. The Kier molecular flexibility index (Phi) is 2.67. The first-order chi connectivity index (χ1) is 7.18. The van der Waals surface area contributed by atoms with E-state index >= 15 is 0 Å². The van der Waals surface area contributed by atoms with Gasteiger partial charge in [0.15, 0.2) is 0 Å². The molecule has 0 radical (unpaired) electrons. The molecule has 0 bridgehead atoms. The van der Waals surface area contributed by atoms with Crippen LogP contribution in [0.5, 0.6) is 0 Å². The fourth-order valence-corrected chi connectivity index (χ4v) is 1.61. The van der Waals surface area contributed by atoms with Gasteiger partial charge in [0.2, 0.25) is 0 Å². The van der Waals surface area contributed by atoms with Gasteiger partial charge in [-0.15, -0.1) is 0 Å². The Balaban J connectivity index is 2.57. The minimum Gasteiger partial charge on any atom is -0.440 e. The van der Waals surface area contributed by atoms with Crippen molar-refractivity contribution in [1.29, 1.82) is 0 Å². The number of nitrogens with zero attached hydrogens (tertiary/aromatic N) is 2. The molecule has 0 amide bonds. The molecule has 0 fully saturated rings. The summed E-state index contributed by atoms with van der Waals surface area (Å²) < 4.78 is 5.47. The molecule has 0 spiro atoms. The Morgan fingerprint density at radius 3 is 2.73 bits per heavy atom. The molecule has 0 aliphatic carbocycles. The van der Waals surface area contributed by atoms with Crippen molar-refractivity contribution in [1.82, 2.24) is 4.98 Å². The average molecular weight is 316 g/mol. The van der Waals surface area contributed by atoms with Crippen LogP contribution in [0.2, 0.25) is 0 Å². The second-order valence-corrected chi connectivity index (χ2v) is 3.68. The van der Waals surface area contributed by atoms with Gasteiger partial charge in [-0.25, -0.2) is 4.98 Å². The van der Waals surface area contributed by atoms with E-state index in [-0.39, 0.29) is 5.69 Å². The summed E-state index contributed by atoms with van der Waals surface area (Å²) in [4.78, 5) is 14.4. The third-order valence-corrected chi connectivity index (χ3v) is 2.35. The second-order valence-electron chi connectivity index (χ2n) is 2.76. The Morgan fingerprint density at radius 1 is 1.40 bits per heavy atom. The molecule has 1 aromatic heterocycles. The lowest BCUT2D eigenvalue weighted by Gasteiger charge is -1.96. The van der Waals surface area contributed by atoms with E-state index in [0.717, 1.165) is 0 Å². The maximum Gasteiger partial charge on any atom is 0.278 e. The third-order valence-electron chi connectivity index (χ3n) is 1.85. The normalized spacial score (nSPS) is 10.2. The molecule has 5 nitrogen and oxygen atoms in total. The predicted octanol–water partition coefficient (Wildman–Crippen LogP) is 2.85. The minimum atomic E-state index is -0.434. The number of rotatable bonds is 2. The standard InChI is InChI=1S/C9H5IN2O3/c10-9-11-7(5-15-9)6-3-1-2-4-8(6)12(13)14/h1-5H. The van der Waals surface area contributed by atoms with Crippen LogP contribution in [0.15, 0.2) is 34.9 Å². The Hall–Kier alpha value is -1.44. The Morgan fingerprint density at radius 2 is 2.13 bits per heavy atom. The highest BCUT2D eigenvalue weighted by Gasteiger charge is 2.16. The Labute approximate surface area is 98.4 Å². The molecule has 0 aliphatic heterocycles. The highest BCUT2D eigenvalue weighted by Crippen LogP contribution is 2.28. The highest BCUT2D eigenvalue weighted by molar-refractivity contribution is 14.1. The first-order valence-electron chi connectivity index (χ1n) is 4.03. The van der Waals surface area contributed by atoms with E-state index in [0.29, 0.717) is 15.2 Å². The molecule has 6 heteroatoms. The quantitative estimate of drug-likeness (QED) is 0.485. The Bertz CT molecular complexity index is 510. The van der Waals surface area contributed by atoms with Crippen LogP contribution in [0.4, 0.5) is 5.69 Å². The molecule has 0 atom stereocenters. The van der Waals surface area contributed by atoms with Gasteiger partial charge in [-0.05, 0) is 6.07 Å². The van der Waals surface area contributed by atoms with Crippen LogP contribution in [0, 0.1) is 14.0 Å². The smallest absolute Gasteiger partial charge is 0.278 e. The van der Waals surface area contributed by atoms with Crippen molar-refractivity contribution in [2.24, 2.45) is 0 Å². The number of nitro benzene ring substituents is 1. The number of nitro groups is 1. The van der Waals surface area contributed by atoms with Crippen LogP contribution in [0.3, 0.4) is 0 Å². The third kappa shape index (κ3) is 1.99. The monoisotopic (exact) mass is 316 g/mol. The topological polar surface area (TPSA) is 69.2 Å². The van der Waals surface area contributed by atoms with E-state index < -0.39 is 4.92 Å². The van der Waals surface area contributed by atoms with E-state index in [4.69, 9.17) is 4.42 Å². The molecule has 2 rings (SSSR count). The van der Waals surface area contributed by atoms with E-state index in [1.807, 2.05) is 22.6 Å². The zero-order valence-electron chi connectivity index (χ0n) is 7.38. The molecule has 0 unspecified atom stereocenters. The first kappa shape index (κ1) is 10.1. The van der Waals surface area contributed by atoms with Gasteiger partial charge in [0.05, 0.1) is 10.5 Å². The summed E-state index contributed by atoms with van der Waals surface area (Å²) >= 11 is 1.91. The van der Waals surface area contributed by atoms with Crippen molar-refractivity contribution in [3.63, 3.8) is 0 Å². The number of hydrogen-bond acceptors (Lipinski definition) is 4. The average Bonchev–Trinajstić information content (AvgIpc) is 2.65. The number of hydrogen-bond donors (Lipinski definition) is 0. The summed E-state index contributed by atoms with van der Waals surface area (Å²) in [5, 5.41) is 10.7. The lowest BCUT2D eigenvalue weighted by atomic mass is 10.1. The van der Waals surface area contributed by atoms with Gasteiger partial charge in [0.1, 0.15) is 12.0 Å². The SMILES string of the molecule is O=[N+]([O-])c1ccccc1-c1coc(I)n1. The first-order valence-corrected chi connectivity index (χ1v) is 5.11. The van der Waals surface area contributed by atoms with Gasteiger partial charge in [-0.1, -0.05) is 12.1 Å². The maximum absolute atomic E-state index is 10.7. The van der Waals surface area contributed by atoms with Gasteiger partial charge in [0.25, 0.3) is 9.58 Å². The second kappa shape index (κ2) is 3.97. The van der Waals surface area contributed by atoms with E-state index in [1.54, 1.807) is 18.2 Å². The van der Waals surface area contributed by atoms with E-state index in [1.165, 1.54) is 12.3 Å². The fraction of sp³-hybridized carbons (Fsp3) is 0. The highest BCUT2D eigenvalue weighted by atomic mass is 127. The summed E-state index contributed by atoms with van der Waals surface area (Å²) in [6.07, 6.45) is 1.41. The van der Waals surface area contributed by atoms with Crippen LogP contribution < -0.4 is 0 Å². The van der Waals surface area contributed by atoms with Crippen molar-refractivity contribution < 1.29 is 9.34 Å². The summed E-state index contributed by atoms with van der Waals surface area (Å²) in [7, 11) is 0. The minimum absolute atomic E-state index is 0.0298. The van der Waals surface area contributed by atoms with Crippen LogP contribution in [0.1, 0.15) is 0 Å². The zero-order valence-corrected chi connectivity index (χ0v) is 9.54. The number of oxazole rings is 1. The molecule has 0 saturated carbocycles. The van der Waals surface area contributed by atoms with E-state index in [9.17, 15) is 10.1 Å². The largest absolute Gasteiger partial charge is 0.440 e. The lowest BCUT2D eigenvalue weighted by Crippen LogP contribution is -1.91. The molecule has 0 aliphatic rings. The van der Waals surface area contributed by atoms with Gasteiger partial charge in [-0.2, -0.15) is 0 Å². The summed E-state index contributed by atoms with van der Waals surface area (Å²) in [6.45, 7) is 0. The van der Waals surface area contributed by atoms with E-state index in [2.05, 4.69) is 4.98 Å². The van der Waals surface area contributed by atoms with Gasteiger partial charge < -0.3 is 4.42 Å². The van der Waals surface area contributed by atoms with Crippen LogP contribution in [-0.4, -0.2) is 9.91 Å². The number of halogens is 1. The van der Waals surface area contributed by atoms with Crippen LogP contribution in [0.25, 0.3) is 11.3 Å². The molecule has 0 saturated heterocycles. The van der Waals surface area contributed by atoms with Crippen LogP contribution >= 0.6 is 22.6 Å². The molecule has 1 aromatic carbocycles. The van der Waals surface area contributed by atoms with Crippen LogP contribution in [-0.2, 0) is 0 Å². The maximum atomic E-state index is 10.7. The number of benzene rings is 1. The molecule has 0 N–H and O–H groups in total. The summed E-state index contributed by atoms with van der Waals surface area (Å²) in [5.41, 5.74) is 0.975. The molecular formula is C9H5IN2O3. The number of aromatic nitrogens is 1. The zero-order chi connectivity index (χ0) is 10.8. The molecule has 1 heterocycles. The number of para-hydroxylation sites is 1. The molecule has 15 heavy (non-hydrogen) atoms. The van der Waals surface area contributed by atoms with Gasteiger partial charge >= 0.3 is 0 Å². The van der Waals surface area contributed by atoms with Gasteiger partial charge in [-0.3, -0.25) is 10.1 Å². The van der Waals surface area contributed by atoms with Gasteiger partial charge in [0, 0.05) is 28.7 Å². The van der Waals surface area contributed by atoms with Crippen molar-refractivity contribution in [3.05, 3.63) is 44.5 Å². The molecule has 76 valence electrons. The molecule has 2 aromatic rings. The van der Waals surface area contributed by atoms with Crippen molar-refractivity contribution >= 4 is 28.3 Å². The summed E-state index contributed by atoms with van der Waals surface area (Å²) in [5.74, 6) is 0. The van der Waals surface area contributed by atoms with Crippen molar-refractivity contribution in [2.45, 2.75) is 0 Å². The summed E-state index contributed by atoms with van der Waals surface area (Å²) in [6, 6.07) is 6.43. The fourth-order valence-electron chi connectivity index (χ4n) is 1.22. The van der Waals surface area contributed by atoms with Crippen molar-refractivity contribution in [3.8, 4) is 11.3 Å².